The number of hydrogen-bond donors (Lipinski definition) is 0. The van der Waals surface area contributed by atoms with Crippen molar-refractivity contribution in [3.63, 3.8) is 0 Å². The Labute approximate surface area is 148 Å². The molecular weight excluding hydrogens is 314 g/mol. The Bertz CT molecular complexity index is 770. The zero-order chi connectivity index (χ0) is 17.6. The van der Waals surface area contributed by atoms with Crippen molar-refractivity contribution in [3.8, 4) is 0 Å². The number of piperidine rings is 1. The van der Waals surface area contributed by atoms with Crippen LogP contribution in [0.3, 0.4) is 0 Å². The zero-order valence-corrected chi connectivity index (χ0v) is 14.7. The molecule has 0 radical (unpaired) electrons. The minimum Gasteiger partial charge on any atom is -0.341 e. The second kappa shape index (κ2) is 8.10. The molecule has 25 heavy (non-hydrogen) atoms. The molecule has 2 aromatic rings. The number of benzene rings is 1. The molecule has 1 aliphatic heterocycles. The average Bonchev–Trinajstić information content (AvgIpc) is 2.64. The van der Waals surface area contributed by atoms with E-state index < -0.39 is 0 Å². The Kier molecular flexibility index (Phi) is 5.64. The number of aromatic nitrogens is 2. The minimum absolute atomic E-state index is 0.00962. The van der Waals surface area contributed by atoms with Crippen LogP contribution >= 0.6 is 0 Å². The Morgan fingerprint density at radius 2 is 2.00 bits per heavy atom. The molecule has 0 N–H and O–H groups in total. The van der Waals surface area contributed by atoms with Crippen molar-refractivity contribution in [1.29, 1.82) is 0 Å². The van der Waals surface area contributed by atoms with Gasteiger partial charge < -0.3 is 4.90 Å². The van der Waals surface area contributed by atoms with Crippen molar-refractivity contribution < 1.29 is 4.79 Å². The highest BCUT2D eigenvalue weighted by Gasteiger charge is 2.24. The summed E-state index contributed by atoms with van der Waals surface area (Å²) in [6.07, 6.45) is 4.34. The van der Waals surface area contributed by atoms with Crippen LogP contribution in [0.4, 0.5) is 0 Å². The third-order valence-corrected chi connectivity index (χ3v) is 4.84. The summed E-state index contributed by atoms with van der Waals surface area (Å²) in [5.41, 5.74) is 1.87. The summed E-state index contributed by atoms with van der Waals surface area (Å²) in [5.74, 6) is 0.518. The van der Waals surface area contributed by atoms with E-state index in [2.05, 4.69) is 29.4 Å². The number of aryl methyl sites for hydroxylation is 2. The van der Waals surface area contributed by atoms with Gasteiger partial charge in [-0.15, -0.1) is 0 Å². The smallest absolute Gasteiger partial charge is 0.267 e. The first-order chi connectivity index (χ1) is 12.1. The van der Waals surface area contributed by atoms with Gasteiger partial charge in [-0.1, -0.05) is 30.3 Å². The van der Waals surface area contributed by atoms with Crippen molar-refractivity contribution in [2.24, 2.45) is 5.92 Å². The van der Waals surface area contributed by atoms with Gasteiger partial charge in [0.25, 0.3) is 5.56 Å². The lowest BCUT2D eigenvalue weighted by Gasteiger charge is -2.33. The van der Waals surface area contributed by atoms with E-state index in [0.29, 0.717) is 5.92 Å². The van der Waals surface area contributed by atoms with Crippen molar-refractivity contribution >= 4 is 5.91 Å². The van der Waals surface area contributed by atoms with E-state index in [1.807, 2.05) is 17.9 Å². The quantitative estimate of drug-likeness (QED) is 0.841. The number of hydrogen-bond acceptors (Lipinski definition) is 3. The second-order valence-electron chi connectivity index (χ2n) is 6.84. The molecule has 0 spiro atoms. The summed E-state index contributed by atoms with van der Waals surface area (Å²) >= 11 is 0. The lowest BCUT2D eigenvalue weighted by molar-refractivity contribution is -0.134. The van der Waals surface area contributed by atoms with Gasteiger partial charge in [0.15, 0.2) is 0 Å². The number of rotatable bonds is 5. The Morgan fingerprint density at radius 3 is 2.80 bits per heavy atom. The second-order valence-corrected chi connectivity index (χ2v) is 6.84. The summed E-state index contributed by atoms with van der Waals surface area (Å²) in [6, 6.07) is 13.6. The van der Waals surface area contributed by atoms with E-state index in [9.17, 15) is 9.59 Å². The Hall–Kier alpha value is -2.43. The first-order valence-electron chi connectivity index (χ1n) is 8.98. The standard InChI is InChI=1S/C20H25N3O2/c1-16-9-12-19(24)23(21-16)15-20(25)22-13-5-8-18(14-22)11-10-17-6-3-2-4-7-17/h2-4,6-7,9,12,18H,5,8,10-11,13-15H2,1H3/t18-/m0/s1. The van der Waals surface area contributed by atoms with Gasteiger partial charge in [0.1, 0.15) is 6.54 Å². The molecule has 1 saturated heterocycles. The molecule has 5 nitrogen and oxygen atoms in total. The fraction of sp³-hybridized carbons (Fsp3) is 0.450. The maximum absolute atomic E-state index is 12.6. The van der Waals surface area contributed by atoms with Crippen LogP contribution in [0.15, 0.2) is 47.3 Å². The SMILES string of the molecule is Cc1ccc(=O)n(CC(=O)N2CCC[C@@H](CCc3ccccc3)C2)n1. The van der Waals surface area contributed by atoms with Gasteiger partial charge in [0.05, 0.1) is 5.69 Å². The van der Waals surface area contributed by atoms with E-state index in [1.54, 1.807) is 6.07 Å². The monoisotopic (exact) mass is 339 g/mol. The molecule has 1 aromatic heterocycles. The zero-order valence-electron chi connectivity index (χ0n) is 14.7. The maximum Gasteiger partial charge on any atom is 0.267 e. The van der Waals surface area contributed by atoms with Gasteiger partial charge in [-0.05, 0) is 50.2 Å². The van der Waals surface area contributed by atoms with Gasteiger partial charge >= 0.3 is 0 Å². The molecule has 1 aromatic carbocycles. The minimum atomic E-state index is -0.225. The number of carbonyl (C=O) groups is 1. The lowest BCUT2D eigenvalue weighted by atomic mass is 9.91. The topological polar surface area (TPSA) is 55.2 Å². The van der Waals surface area contributed by atoms with Crippen LogP contribution in [0.25, 0.3) is 0 Å². The van der Waals surface area contributed by atoms with Crippen LogP contribution in [0.2, 0.25) is 0 Å². The van der Waals surface area contributed by atoms with Crippen molar-refractivity contribution in [3.05, 3.63) is 64.1 Å². The van der Waals surface area contributed by atoms with E-state index in [-0.39, 0.29) is 18.0 Å². The van der Waals surface area contributed by atoms with Crippen LogP contribution in [0, 0.1) is 12.8 Å². The van der Waals surface area contributed by atoms with E-state index >= 15 is 0 Å². The van der Waals surface area contributed by atoms with Crippen molar-refractivity contribution in [2.45, 2.75) is 39.2 Å². The Morgan fingerprint density at radius 1 is 1.20 bits per heavy atom. The molecule has 132 valence electrons. The normalized spacial score (nSPS) is 17.5. The van der Waals surface area contributed by atoms with E-state index in [4.69, 9.17) is 0 Å². The summed E-state index contributed by atoms with van der Waals surface area (Å²) in [4.78, 5) is 26.3. The summed E-state index contributed by atoms with van der Waals surface area (Å²) in [6.45, 7) is 3.42. The molecule has 3 rings (SSSR count). The van der Waals surface area contributed by atoms with E-state index in [1.165, 1.54) is 22.7 Å². The number of carbonyl (C=O) groups excluding carboxylic acids is 1. The van der Waals surface area contributed by atoms with Gasteiger partial charge in [-0.25, -0.2) is 4.68 Å². The summed E-state index contributed by atoms with van der Waals surface area (Å²) in [5, 5.41) is 4.16. The molecule has 5 heteroatoms. The molecule has 1 aliphatic rings. The van der Waals surface area contributed by atoms with Gasteiger partial charge in [-0.3, -0.25) is 9.59 Å². The van der Waals surface area contributed by atoms with E-state index in [0.717, 1.165) is 38.0 Å². The highest BCUT2D eigenvalue weighted by molar-refractivity contribution is 5.76. The molecule has 0 aliphatic carbocycles. The van der Waals surface area contributed by atoms with Gasteiger partial charge in [0.2, 0.25) is 5.91 Å². The molecule has 0 saturated carbocycles. The summed E-state index contributed by atoms with van der Waals surface area (Å²) < 4.78 is 1.27. The van der Waals surface area contributed by atoms with Gasteiger partial charge in [-0.2, -0.15) is 5.10 Å². The third-order valence-electron chi connectivity index (χ3n) is 4.84. The number of nitrogens with zero attached hydrogens (tertiary/aromatic N) is 3. The molecule has 1 amide bonds. The average molecular weight is 339 g/mol. The molecule has 1 fully saturated rings. The van der Waals surface area contributed by atoms with Crippen LogP contribution in [0.1, 0.15) is 30.5 Å². The van der Waals surface area contributed by atoms with Crippen LogP contribution in [-0.4, -0.2) is 33.7 Å². The highest BCUT2D eigenvalue weighted by Crippen LogP contribution is 2.21. The fourth-order valence-electron chi connectivity index (χ4n) is 3.44. The molecular formula is C20H25N3O2. The predicted molar refractivity (Wildman–Crippen MR) is 97.3 cm³/mol. The highest BCUT2D eigenvalue weighted by atomic mass is 16.2. The first kappa shape index (κ1) is 17.4. The maximum atomic E-state index is 12.6. The number of likely N-dealkylation sites (tertiary alicyclic amines) is 1. The van der Waals surface area contributed by atoms with Gasteiger partial charge in [0, 0.05) is 19.2 Å². The van der Waals surface area contributed by atoms with Crippen molar-refractivity contribution in [1.82, 2.24) is 14.7 Å². The number of amides is 1. The third kappa shape index (κ3) is 4.78. The van der Waals surface area contributed by atoms with Crippen LogP contribution < -0.4 is 5.56 Å². The predicted octanol–water partition coefficient (Wildman–Crippen LogP) is 2.42. The lowest BCUT2D eigenvalue weighted by Crippen LogP contribution is -2.43. The largest absolute Gasteiger partial charge is 0.341 e. The van der Waals surface area contributed by atoms with Crippen LogP contribution in [-0.2, 0) is 17.8 Å². The molecule has 1 atom stereocenters. The molecule has 2 heterocycles. The van der Waals surface area contributed by atoms with Crippen LogP contribution in [0.5, 0.6) is 0 Å². The van der Waals surface area contributed by atoms with Crippen molar-refractivity contribution in [2.75, 3.05) is 13.1 Å². The Balaban J connectivity index is 1.56. The molecule has 0 bridgehead atoms. The fourth-order valence-corrected chi connectivity index (χ4v) is 3.44. The first-order valence-corrected chi connectivity index (χ1v) is 8.98. The summed E-state index contributed by atoms with van der Waals surface area (Å²) in [7, 11) is 0. The molecule has 0 unspecified atom stereocenters.